The fourth-order valence-electron chi connectivity index (χ4n) is 2.20. The third-order valence-corrected chi connectivity index (χ3v) is 3.39. The van der Waals surface area contributed by atoms with Crippen molar-refractivity contribution in [3.8, 4) is 5.75 Å². The molecule has 0 aliphatic carbocycles. The molecule has 0 bridgehead atoms. The van der Waals surface area contributed by atoms with Crippen LogP contribution in [0.25, 0.3) is 0 Å². The van der Waals surface area contributed by atoms with Gasteiger partial charge in [0.05, 0.1) is 5.97 Å². The Bertz CT molecular complexity index is 578. The van der Waals surface area contributed by atoms with E-state index in [0.29, 0.717) is 6.61 Å². The van der Waals surface area contributed by atoms with Gasteiger partial charge in [-0.15, -0.1) is 0 Å². The highest BCUT2D eigenvalue weighted by Gasteiger charge is 2.11. The minimum Gasteiger partial charge on any atom is -0.547 e. The van der Waals surface area contributed by atoms with Crippen molar-refractivity contribution in [3.05, 3.63) is 65.7 Å². The predicted octanol–water partition coefficient (Wildman–Crippen LogP) is 1.70. The van der Waals surface area contributed by atoms with Gasteiger partial charge < -0.3 is 19.7 Å². The molecule has 0 aliphatic rings. The lowest BCUT2D eigenvalue weighted by Gasteiger charge is -2.19. The standard InChI is InChI=1S/C18H20O4/c19-16-10-8-15(9-11-16)13-17(18(20)21)22-12-4-7-14-5-2-1-3-6-14/h1-3,5-6,8-11,17,19H,4,7,12-13H2,(H,20,21)/p-1. The molecule has 0 fully saturated rings. The molecule has 0 saturated heterocycles. The molecule has 2 rings (SSSR count). The van der Waals surface area contributed by atoms with E-state index in [1.165, 1.54) is 17.7 Å². The van der Waals surface area contributed by atoms with Gasteiger partial charge in [0.1, 0.15) is 11.9 Å². The van der Waals surface area contributed by atoms with Gasteiger partial charge in [-0.3, -0.25) is 0 Å². The molecular formula is C18H19O4-. The Morgan fingerprint density at radius 1 is 1.05 bits per heavy atom. The maximum atomic E-state index is 11.1. The number of carboxylic acids is 1. The van der Waals surface area contributed by atoms with Crippen LogP contribution in [0.15, 0.2) is 54.6 Å². The molecule has 1 N–H and O–H groups in total. The Labute approximate surface area is 130 Å². The number of carboxylic acid groups (broad SMARTS) is 1. The van der Waals surface area contributed by atoms with Gasteiger partial charge >= 0.3 is 0 Å². The second-order valence-electron chi connectivity index (χ2n) is 5.14. The van der Waals surface area contributed by atoms with Crippen LogP contribution >= 0.6 is 0 Å². The first-order chi connectivity index (χ1) is 10.6. The molecule has 4 nitrogen and oxygen atoms in total. The van der Waals surface area contributed by atoms with Gasteiger partial charge in [-0.25, -0.2) is 0 Å². The Morgan fingerprint density at radius 2 is 1.73 bits per heavy atom. The van der Waals surface area contributed by atoms with Crippen molar-refractivity contribution in [2.45, 2.75) is 25.4 Å². The molecule has 116 valence electrons. The van der Waals surface area contributed by atoms with Gasteiger partial charge in [0.15, 0.2) is 0 Å². The molecule has 2 aromatic rings. The van der Waals surface area contributed by atoms with Crippen molar-refractivity contribution in [1.29, 1.82) is 0 Å². The van der Waals surface area contributed by atoms with Crippen molar-refractivity contribution < 1.29 is 19.7 Å². The van der Waals surface area contributed by atoms with Crippen molar-refractivity contribution in [1.82, 2.24) is 0 Å². The first kappa shape index (κ1) is 16.0. The largest absolute Gasteiger partial charge is 0.547 e. The quantitative estimate of drug-likeness (QED) is 0.753. The maximum absolute atomic E-state index is 11.1. The topological polar surface area (TPSA) is 69.6 Å². The highest BCUT2D eigenvalue weighted by atomic mass is 16.5. The number of phenols is 1. The number of carbonyl (C=O) groups excluding carboxylic acids is 1. The third kappa shape index (κ3) is 5.22. The Balaban J connectivity index is 1.79. The zero-order valence-corrected chi connectivity index (χ0v) is 12.3. The van der Waals surface area contributed by atoms with E-state index >= 15 is 0 Å². The van der Waals surface area contributed by atoms with Crippen molar-refractivity contribution in [2.75, 3.05) is 6.61 Å². The second-order valence-corrected chi connectivity index (χ2v) is 5.14. The number of hydrogen-bond donors (Lipinski definition) is 1. The fourth-order valence-corrected chi connectivity index (χ4v) is 2.20. The average Bonchev–Trinajstić information content (AvgIpc) is 2.53. The van der Waals surface area contributed by atoms with Gasteiger partial charge in [0.25, 0.3) is 0 Å². The minimum absolute atomic E-state index is 0.150. The summed E-state index contributed by atoms with van der Waals surface area (Å²) in [7, 11) is 0. The van der Waals surface area contributed by atoms with Crippen molar-refractivity contribution in [2.24, 2.45) is 0 Å². The van der Waals surface area contributed by atoms with E-state index in [1.54, 1.807) is 12.1 Å². The van der Waals surface area contributed by atoms with Gasteiger partial charge in [-0.1, -0.05) is 42.5 Å². The lowest BCUT2D eigenvalue weighted by atomic mass is 10.1. The van der Waals surface area contributed by atoms with Crippen LogP contribution in [0.1, 0.15) is 17.5 Å². The summed E-state index contributed by atoms with van der Waals surface area (Å²) in [6, 6.07) is 16.4. The number of carbonyl (C=O) groups is 1. The Kier molecular flexibility index (Phi) is 5.98. The molecule has 0 radical (unpaired) electrons. The smallest absolute Gasteiger partial charge is 0.115 e. The first-order valence-electron chi connectivity index (χ1n) is 7.29. The number of rotatable bonds is 8. The summed E-state index contributed by atoms with van der Waals surface area (Å²) >= 11 is 0. The Morgan fingerprint density at radius 3 is 2.36 bits per heavy atom. The summed E-state index contributed by atoms with van der Waals surface area (Å²) in [5, 5.41) is 20.4. The van der Waals surface area contributed by atoms with Crippen LogP contribution in [-0.2, 0) is 22.4 Å². The third-order valence-electron chi connectivity index (χ3n) is 3.39. The zero-order chi connectivity index (χ0) is 15.8. The molecule has 0 aromatic heterocycles. The fraction of sp³-hybridized carbons (Fsp3) is 0.278. The van der Waals surface area contributed by atoms with Crippen LogP contribution in [0.4, 0.5) is 0 Å². The summed E-state index contributed by atoms with van der Waals surface area (Å²) in [6.07, 6.45) is 0.859. The second kappa shape index (κ2) is 8.20. The SMILES string of the molecule is O=C([O-])C(Cc1ccc(O)cc1)OCCCc1ccccc1. The summed E-state index contributed by atoms with van der Waals surface area (Å²) in [6.45, 7) is 0.367. The minimum atomic E-state index is -1.22. The van der Waals surface area contributed by atoms with E-state index < -0.39 is 12.1 Å². The average molecular weight is 299 g/mol. The van der Waals surface area contributed by atoms with E-state index in [2.05, 4.69) is 0 Å². The summed E-state index contributed by atoms with van der Waals surface area (Å²) < 4.78 is 5.43. The molecule has 2 aromatic carbocycles. The van der Waals surface area contributed by atoms with Gasteiger partial charge in [0, 0.05) is 13.0 Å². The molecule has 0 amide bonds. The monoisotopic (exact) mass is 299 g/mol. The molecule has 0 aliphatic heterocycles. The van der Waals surface area contributed by atoms with Crippen LogP contribution in [0.2, 0.25) is 0 Å². The summed E-state index contributed by atoms with van der Waals surface area (Å²) in [5.41, 5.74) is 1.99. The van der Waals surface area contributed by atoms with E-state index in [9.17, 15) is 15.0 Å². The normalized spacial score (nSPS) is 12.0. The highest BCUT2D eigenvalue weighted by Crippen LogP contribution is 2.13. The molecule has 22 heavy (non-hydrogen) atoms. The number of ether oxygens (including phenoxy) is 1. The zero-order valence-electron chi connectivity index (χ0n) is 12.3. The number of aliphatic carboxylic acids is 1. The van der Waals surface area contributed by atoms with E-state index in [1.807, 2.05) is 30.3 Å². The van der Waals surface area contributed by atoms with E-state index in [0.717, 1.165) is 18.4 Å². The number of aryl methyl sites for hydroxylation is 1. The Hall–Kier alpha value is -2.33. The van der Waals surface area contributed by atoms with E-state index in [-0.39, 0.29) is 12.2 Å². The molecule has 0 saturated carbocycles. The molecule has 1 unspecified atom stereocenters. The molecule has 1 atom stereocenters. The lowest BCUT2D eigenvalue weighted by Crippen LogP contribution is -2.39. The van der Waals surface area contributed by atoms with Crippen LogP contribution in [0.5, 0.6) is 5.75 Å². The number of hydrogen-bond acceptors (Lipinski definition) is 4. The highest BCUT2D eigenvalue weighted by molar-refractivity contribution is 5.70. The summed E-state index contributed by atoms with van der Waals surface area (Å²) in [5.74, 6) is -1.06. The van der Waals surface area contributed by atoms with Gasteiger partial charge in [0.2, 0.25) is 0 Å². The van der Waals surface area contributed by atoms with Crippen LogP contribution in [-0.4, -0.2) is 23.8 Å². The van der Waals surface area contributed by atoms with Gasteiger partial charge in [-0.05, 0) is 36.1 Å². The van der Waals surface area contributed by atoms with Gasteiger partial charge in [-0.2, -0.15) is 0 Å². The number of benzene rings is 2. The molecule has 4 heteroatoms. The predicted molar refractivity (Wildman–Crippen MR) is 81.3 cm³/mol. The van der Waals surface area contributed by atoms with Crippen LogP contribution < -0.4 is 5.11 Å². The number of aromatic hydroxyl groups is 1. The number of phenolic OH excluding ortho intramolecular Hbond substituents is 1. The summed E-state index contributed by atoms with van der Waals surface area (Å²) in [4.78, 5) is 11.1. The van der Waals surface area contributed by atoms with E-state index in [4.69, 9.17) is 4.74 Å². The molecular weight excluding hydrogens is 280 g/mol. The van der Waals surface area contributed by atoms with Crippen LogP contribution in [0.3, 0.4) is 0 Å². The first-order valence-corrected chi connectivity index (χ1v) is 7.29. The lowest BCUT2D eigenvalue weighted by molar-refractivity contribution is -0.316. The molecule has 0 heterocycles. The van der Waals surface area contributed by atoms with Crippen molar-refractivity contribution >= 4 is 5.97 Å². The van der Waals surface area contributed by atoms with Crippen LogP contribution in [0, 0.1) is 0 Å². The molecule has 0 spiro atoms. The maximum Gasteiger partial charge on any atom is 0.115 e. The van der Waals surface area contributed by atoms with Crippen molar-refractivity contribution in [3.63, 3.8) is 0 Å².